The zero-order chi connectivity index (χ0) is 46.0. The summed E-state index contributed by atoms with van der Waals surface area (Å²) in [4.78, 5) is 22.7. The summed E-state index contributed by atoms with van der Waals surface area (Å²) in [7, 11) is -4.52. The molecule has 0 aromatic carbocycles. The number of rotatable bonds is 51. The second kappa shape index (κ2) is 50.1. The summed E-state index contributed by atoms with van der Waals surface area (Å²) in [6.45, 7) is 3.53. The number of carbonyl (C=O) groups excluding carboxylic acids is 1. The van der Waals surface area contributed by atoms with Crippen molar-refractivity contribution >= 4 is 13.8 Å². The maximum absolute atomic E-state index is 12.7. The molecule has 0 aliphatic rings. The van der Waals surface area contributed by atoms with Crippen molar-refractivity contribution in [3.05, 3.63) is 36.5 Å². The molecule has 0 aliphatic heterocycles. The lowest BCUT2D eigenvalue weighted by Gasteiger charge is -2.20. The van der Waals surface area contributed by atoms with E-state index in [2.05, 4.69) is 50.3 Å². The molecule has 0 rings (SSSR count). The molecule has 3 N–H and O–H groups in total. The van der Waals surface area contributed by atoms with Crippen LogP contribution in [-0.2, 0) is 27.9 Å². The number of phosphoric ester groups is 1. The van der Waals surface area contributed by atoms with Crippen molar-refractivity contribution in [3.63, 3.8) is 0 Å². The molecule has 63 heavy (non-hydrogen) atoms. The number of aliphatic hydroxyl groups excluding tert-OH is 2. The first-order valence-corrected chi connectivity index (χ1v) is 28.0. The molecule has 0 amide bonds. The third-order valence-corrected chi connectivity index (χ3v) is 12.5. The Hall–Kier alpha value is -1.32. The Labute approximate surface area is 388 Å². The molecule has 9 nitrogen and oxygen atoms in total. The third-order valence-electron chi connectivity index (χ3n) is 11.5. The maximum atomic E-state index is 12.7. The van der Waals surface area contributed by atoms with E-state index in [4.69, 9.17) is 23.6 Å². The molecule has 0 fully saturated rings. The predicted octanol–water partition coefficient (Wildman–Crippen LogP) is 15.5. The number of carbonyl (C=O) groups is 1. The van der Waals surface area contributed by atoms with E-state index < -0.39 is 33.2 Å². The minimum absolute atomic E-state index is 0.0469. The standard InChI is InChI=1S/C53H101O9P/c1-3-5-7-9-11-13-15-17-19-21-23-24-25-26-27-29-31-33-35-37-39-41-43-45-53(56)62-52(50-61-63(57,58)60-48-51(55)47-54)49-59-46-44-42-40-38-36-34-32-30-28-22-20-18-16-14-12-10-8-6-4-2/h14,16,20-23,51-52,54-55H,3-13,15,17-19,24-50H2,1-2H3,(H,57,58)/b16-14-,22-20-,23-21-. The number of ether oxygens (including phenoxy) is 2. The first kappa shape index (κ1) is 61.7. The van der Waals surface area contributed by atoms with E-state index in [0.29, 0.717) is 6.61 Å². The Morgan fingerprint density at radius 2 is 0.857 bits per heavy atom. The van der Waals surface area contributed by atoms with Gasteiger partial charge in [0.15, 0.2) is 0 Å². The summed E-state index contributed by atoms with van der Waals surface area (Å²) in [5.41, 5.74) is 0. The lowest BCUT2D eigenvalue weighted by atomic mass is 10.0. The highest BCUT2D eigenvalue weighted by atomic mass is 31.2. The van der Waals surface area contributed by atoms with Gasteiger partial charge in [0.2, 0.25) is 0 Å². The lowest BCUT2D eigenvalue weighted by Crippen LogP contribution is -2.29. The number of aliphatic hydroxyl groups is 2. The van der Waals surface area contributed by atoms with Crippen LogP contribution >= 0.6 is 7.82 Å². The van der Waals surface area contributed by atoms with Gasteiger partial charge in [0.1, 0.15) is 12.2 Å². The van der Waals surface area contributed by atoms with Crippen LogP contribution < -0.4 is 0 Å². The Morgan fingerprint density at radius 3 is 1.30 bits per heavy atom. The number of unbranched alkanes of at least 4 members (excludes halogenated alkanes) is 31. The normalized spacial score (nSPS) is 14.0. The van der Waals surface area contributed by atoms with Gasteiger partial charge in [-0.2, -0.15) is 0 Å². The minimum atomic E-state index is -4.52. The van der Waals surface area contributed by atoms with Crippen LogP contribution in [0.25, 0.3) is 0 Å². The summed E-state index contributed by atoms with van der Waals surface area (Å²) in [5, 5.41) is 18.4. The molecule has 0 aliphatic carbocycles. The predicted molar refractivity (Wildman–Crippen MR) is 265 cm³/mol. The fraction of sp³-hybridized carbons (Fsp3) is 0.868. The molecule has 0 aromatic rings. The van der Waals surface area contributed by atoms with Crippen molar-refractivity contribution in [3.8, 4) is 0 Å². The fourth-order valence-electron chi connectivity index (χ4n) is 7.50. The quantitative estimate of drug-likeness (QED) is 0.0236. The van der Waals surface area contributed by atoms with Gasteiger partial charge in [0.25, 0.3) is 0 Å². The SMILES string of the molecule is CCCCCC/C=C\C/C=C\CCCCCCCCCCOCC(COP(=O)(O)OCC(O)CO)OC(=O)CCCCCCCCCCCCC/C=C\CCCCCCCCCC. The molecule has 0 saturated heterocycles. The maximum Gasteiger partial charge on any atom is 0.472 e. The van der Waals surface area contributed by atoms with Crippen molar-refractivity contribution in [1.29, 1.82) is 0 Å². The number of allylic oxidation sites excluding steroid dienone is 6. The van der Waals surface area contributed by atoms with Gasteiger partial charge in [-0.1, -0.05) is 211 Å². The van der Waals surface area contributed by atoms with Crippen molar-refractivity contribution in [2.45, 2.75) is 264 Å². The summed E-state index contributed by atoms with van der Waals surface area (Å²) in [6, 6.07) is 0. The van der Waals surface area contributed by atoms with Crippen LogP contribution in [0.3, 0.4) is 0 Å². The zero-order valence-electron chi connectivity index (χ0n) is 41.1. The first-order chi connectivity index (χ1) is 30.8. The van der Waals surface area contributed by atoms with Crippen LogP contribution in [0.2, 0.25) is 0 Å². The van der Waals surface area contributed by atoms with Crippen molar-refractivity contribution < 1.29 is 43.0 Å². The minimum Gasteiger partial charge on any atom is -0.457 e. The zero-order valence-corrected chi connectivity index (χ0v) is 42.0. The van der Waals surface area contributed by atoms with Gasteiger partial charge in [-0.25, -0.2) is 4.57 Å². The Balaban J connectivity index is 4.05. The van der Waals surface area contributed by atoms with Crippen LogP contribution in [0.5, 0.6) is 0 Å². The topological polar surface area (TPSA) is 132 Å². The van der Waals surface area contributed by atoms with Crippen LogP contribution in [-0.4, -0.2) is 66.3 Å². The van der Waals surface area contributed by atoms with E-state index >= 15 is 0 Å². The molecule has 0 radical (unpaired) electrons. The number of esters is 1. The molecular formula is C53H101O9P. The molecule has 372 valence electrons. The number of hydrogen-bond donors (Lipinski definition) is 3. The van der Waals surface area contributed by atoms with Crippen LogP contribution in [0.15, 0.2) is 36.5 Å². The van der Waals surface area contributed by atoms with Crippen LogP contribution in [0, 0.1) is 0 Å². The number of hydrogen-bond acceptors (Lipinski definition) is 8. The van der Waals surface area contributed by atoms with Crippen molar-refractivity contribution in [1.82, 2.24) is 0 Å². The fourth-order valence-corrected chi connectivity index (χ4v) is 8.29. The summed E-state index contributed by atoms with van der Waals surface area (Å²) in [5.74, 6) is -0.382. The van der Waals surface area contributed by atoms with Gasteiger partial charge in [-0.05, 0) is 70.6 Å². The molecular weight excluding hydrogens is 812 g/mol. The van der Waals surface area contributed by atoms with Crippen LogP contribution in [0.1, 0.15) is 251 Å². The number of phosphoric acid groups is 1. The van der Waals surface area contributed by atoms with Crippen LogP contribution in [0.4, 0.5) is 0 Å². The highest BCUT2D eigenvalue weighted by Gasteiger charge is 2.26. The van der Waals surface area contributed by atoms with E-state index in [0.717, 1.165) is 51.4 Å². The van der Waals surface area contributed by atoms with Crippen molar-refractivity contribution in [2.24, 2.45) is 0 Å². The van der Waals surface area contributed by atoms with Gasteiger partial charge < -0.3 is 24.6 Å². The highest BCUT2D eigenvalue weighted by molar-refractivity contribution is 7.47. The van der Waals surface area contributed by atoms with E-state index in [1.54, 1.807) is 0 Å². The van der Waals surface area contributed by atoms with Crippen molar-refractivity contribution in [2.75, 3.05) is 33.0 Å². The largest absolute Gasteiger partial charge is 0.472 e. The second-order valence-corrected chi connectivity index (χ2v) is 19.3. The van der Waals surface area contributed by atoms with Gasteiger partial charge in [-0.3, -0.25) is 13.8 Å². The first-order valence-electron chi connectivity index (χ1n) is 26.5. The molecule has 0 spiro atoms. The Morgan fingerprint density at radius 1 is 0.492 bits per heavy atom. The molecule has 10 heteroatoms. The average Bonchev–Trinajstić information content (AvgIpc) is 3.28. The van der Waals surface area contributed by atoms with Gasteiger partial charge in [-0.15, -0.1) is 0 Å². The van der Waals surface area contributed by atoms with E-state index in [1.807, 2.05) is 0 Å². The molecule has 0 bridgehead atoms. The Kier molecular flexibility index (Phi) is 49.1. The monoisotopic (exact) mass is 913 g/mol. The Bertz CT molecular complexity index is 1080. The average molecular weight is 913 g/mol. The molecule has 0 heterocycles. The van der Waals surface area contributed by atoms with Gasteiger partial charge in [0, 0.05) is 13.0 Å². The van der Waals surface area contributed by atoms with E-state index in [9.17, 15) is 19.4 Å². The third kappa shape index (κ3) is 49.9. The highest BCUT2D eigenvalue weighted by Crippen LogP contribution is 2.43. The van der Waals surface area contributed by atoms with E-state index in [1.165, 1.54) is 180 Å². The molecule has 0 aromatic heterocycles. The van der Waals surface area contributed by atoms with Gasteiger partial charge in [0.05, 0.1) is 26.4 Å². The summed E-state index contributed by atoms with van der Waals surface area (Å²) < 4.78 is 33.6. The lowest BCUT2D eigenvalue weighted by molar-refractivity contribution is -0.154. The molecule has 3 unspecified atom stereocenters. The second-order valence-electron chi connectivity index (χ2n) is 17.9. The van der Waals surface area contributed by atoms with Gasteiger partial charge >= 0.3 is 13.8 Å². The molecule has 3 atom stereocenters. The summed E-state index contributed by atoms with van der Waals surface area (Å²) in [6.07, 6.45) is 56.8. The van der Waals surface area contributed by atoms with E-state index in [-0.39, 0.29) is 25.6 Å². The smallest absolute Gasteiger partial charge is 0.457 e. The molecule has 0 saturated carbocycles. The summed E-state index contributed by atoms with van der Waals surface area (Å²) >= 11 is 0.